The van der Waals surface area contributed by atoms with E-state index in [2.05, 4.69) is 31.9 Å². The van der Waals surface area contributed by atoms with Crippen molar-refractivity contribution in [1.29, 1.82) is 0 Å². The largest absolute Gasteiger partial charge is 0.275 e. The van der Waals surface area contributed by atoms with E-state index in [1.807, 2.05) is 37.1 Å². The van der Waals surface area contributed by atoms with Gasteiger partial charge >= 0.3 is 0 Å². The fraction of sp³-hybridized carbons (Fsp3) is 0.400. The molecule has 1 saturated heterocycles. The molecule has 0 atom stereocenters. The first-order chi connectivity index (χ1) is 8.35. The average Bonchev–Trinajstić information content (AvgIpc) is 2.53. The van der Waals surface area contributed by atoms with Crippen molar-refractivity contribution in [2.45, 2.75) is 39.2 Å². The molecule has 1 fully saturated rings. The van der Waals surface area contributed by atoms with Crippen molar-refractivity contribution in [1.82, 2.24) is 5.43 Å². The lowest BCUT2D eigenvalue weighted by Gasteiger charge is -2.34. The fourth-order valence-electron chi connectivity index (χ4n) is 2.26. The van der Waals surface area contributed by atoms with E-state index in [1.165, 1.54) is 5.56 Å². The van der Waals surface area contributed by atoms with E-state index in [1.54, 1.807) is 0 Å². The second-order valence-electron chi connectivity index (χ2n) is 5.53. The van der Waals surface area contributed by atoms with Gasteiger partial charge in [-0.1, -0.05) is 38.6 Å². The molecule has 0 aliphatic carbocycles. The Balaban J connectivity index is 2.50. The van der Waals surface area contributed by atoms with E-state index < -0.39 is 5.54 Å². The summed E-state index contributed by atoms with van der Waals surface area (Å²) < 4.78 is 0. The third kappa shape index (κ3) is 1.80. The van der Waals surface area contributed by atoms with Crippen LogP contribution >= 0.6 is 0 Å². The number of para-hydroxylation sites is 1. The predicted octanol–water partition coefficient (Wildman–Crippen LogP) is 3.00. The van der Waals surface area contributed by atoms with Crippen LogP contribution in [0.4, 0.5) is 5.69 Å². The topological polar surface area (TPSA) is 32.3 Å². The minimum Gasteiger partial charge on any atom is -0.275 e. The highest BCUT2D eigenvalue weighted by Gasteiger charge is 2.42. The number of rotatable bonds is 2. The van der Waals surface area contributed by atoms with Crippen molar-refractivity contribution in [3.63, 3.8) is 0 Å². The van der Waals surface area contributed by atoms with Crippen molar-refractivity contribution >= 4 is 11.6 Å². The van der Waals surface area contributed by atoms with Gasteiger partial charge in [0.05, 0.1) is 11.2 Å². The molecule has 1 amide bonds. The van der Waals surface area contributed by atoms with Gasteiger partial charge in [-0.15, -0.1) is 0 Å². The summed E-state index contributed by atoms with van der Waals surface area (Å²) in [5.41, 5.74) is 5.37. The zero-order valence-electron chi connectivity index (χ0n) is 11.4. The minimum atomic E-state index is -0.401. The van der Waals surface area contributed by atoms with E-state index in [0.717, 1.165) is 5.69 Å². The number of carbonyl (C=O) groups excluding carboxylic acids is 1. The number of anilines is 1. The summed E-state index contributed by atoms with van der Waals surface area (Å²) in [6.45, 7) is 12.2. The van der Waals surface area contributed by atoms with Gasteiger partial charge in [0.2, 0.25) is 0 Å². The van der Waals surface area contributed by atoms with Gasteiger partial charge < -0.3 is 0 Å². The Bertz CT molecular complexity index is 503. The summed E-state index contributed by atoms with van der Waals surface area (Å²) >= 11 is 0. The van der Waals surface area contributed by atoms with Crippen LogP contribution in [-0.4, -0.2) is 11.4 Å². The number of carbonyl (C=O) groups is 1. The highest BCUT2D eigenvalue weighted by Crippen LogP contribution is 2.36. The van der Waals surface area contributed by atoms with E-state index in [-0.39, 0.29) is 5.91 Å². The Morgan fingerprint density at radius 3 is 2.39 bits per heavy atom. The summed E-state index contributed by atoms with van der Waals surface area (Å²) in [6, 6.07) is 8.16. The number of nitrogens with one attached hydrogen (secondary N) is 1. The first-order valence-corrected chi connectivity index (χ1v) is 6.25. The first kappa shape index (κ1) is 12.7. The van der Waals surface area contributed by atoms with Gasteiger partial charge in [-0.25, -0.2) is 0 Å². The SMILES string of the molecule is C=C1C(=O)NN(c2ccccc2C(C)C)C1(C)C. The van der Waals surface area contributed by atoms with Gasteiger partial charge in [0.25, 0.3) is 5.91 Å². The predicted molar refractivity (Wildman–Crippen MR) is 74.4 cm³/mol. The molecular formula is C15H20N2O. The molecule has 3 nitrogen and oxygen atoms in total. The Kier molecular flexibility index (Phi) is 2.93. The molecule has 1 aromatic carbocycles. The molecule has 3 heteroatoms. The van der Waals surface area contributed by atoms with Crippen LogP contribution in [0, 0.1) is 0 Å². The zero-order valence-corrected chi connectivity index (χ0v) is 11.4. The van der Waals surface area contributed by atoms with Gasteiger partial charge in [0.1, 0.15) is 0 Å². The molecule has 0 saturated carbocycles. The fourth-order valence-corrected chi connectivity index (χ4v) is 2.26. The van der Waals surface area contributed by atoms with Gasteiger partial charge in [-0.05, 0) is 31.4 Å². The van der Waals surface area contributed by atoms with Gasteiger partial charge in [0.15, 0.2) is 0 Å². The van der Waals surface area contributed by atoms with Crippen molar-refractivity contribution in [3.05, 3.63) is 42.0 Å². The summed E-state index contributed by atoms with van der Waals surface area (Å²) in [5.74, 6) is 0.307. The molecule has 0 bridgehead atoms. The van der Waals surface area contributed by atoms with Crippen LogP contribution in [-0.2, 0) is 4.79 Å². The van der Waals surface area contributed by atoms with Gasteiger partial charge in [0, 0.05) is 5.57 Å². The molecule has 1 N–H and O–H groups in total. The summed E-state index contributed by atoms with van der Waals surface area (Å²) in [5, 5.41) is 1.92. The van der Waals surface area contributed by atoms with Crippen LogP contribution in [0.25, 0.3) is 0 Å². The molecule has 0 aromatic heterocycles. The number of nitrogens with zero attached hydrogens (tertiary/aromatic N) is 1. The van der Waals surface area contributed by atoms with E-state index in [4.69, 9.17) is 0 Å². The molecule has 1 heterocycles. The standard InChI is InChI=1S/C15H20N2O/c1-10(2)12-8-6-7-9-13(12)17-15(4,5)11(3)14(18)16-17/h6-10H,3H2,1-2,4-5H3,(H,16,18). The second kappa shape index (κ2) is 4.16. The third-order valence-corrected chi connectivity index (χ3v) is 3.58. The van der Waals surface area contributed by atoms with Crippen molar-refractivity contribution in [2.24, 2.45) is 0 Å². The van der Waals surface area contributed by atoms with Crippen molar-refractivity contribution in [2.75, 3.05) is 5.01 Å². The Morgan fingerprint density at radius 2 is 1.89 bits per heavy atom. The summed E-state index contributed by atoms with van der Waals surface area (Å²) in [6.07, 6.45) is 0. The molecule has 1 aliphatic rings. The zero-order chi connectivity index (χ0) is 13.5. The molecule has 0 radical (unpaired) electrons. The van der Waals surface area contributed by atoms with Crippen LogP contribution in [0.3, 0.4) is 0 Å². The smallest absolute Gasteiger partial charge is 0.267 e. The van der Waals surface area contributed by atoms with Crippen molar-refractivity contribution < 1.29 is 4.79 Å². The Labute approximate surface area is 108 Å². The summed E-state index contributed by atoms with van der Waals surface area (Å²) in [4.78, 5) is 11.8. The number of benzene rings is 1. The van der Waals surface area contributed by atoms with E-state index >= 15 is 0 Å². The normalized spacial score (nSPS) is 18.4. The molecule has 96 valence electrons. The third-order valence-electron chi connectivity index (χ3n) is 3.58. The lowest BCUT2D eigenvalue weighted by molar-refractivity contribution is -0.116. The van der Waals surface area contributed by atoms with E-state index in [0.29, 0.717) is 11.5 Å². The second-order valence-corrected chi connectivity index (χ2v) is 5.53. The molecule has 1 aliphatic heterocycles. The number of hydrogen-bond donors (Lipinski definition) is 1. The van der Waals surface area contributed by atoms with Crippen LogP contribution in [0.5, 0.6) is 0 Å². The van der Waals surface area contributed by atoms with Crippen LogP contribution in [0.1, 0.15) is 39.2 Å². The maximum Gasteiger partial charge on any atom is 0.267 e. The highest BCUT2D eigenvalue weighted by atomic mass is 16.2. The van der Waals surface area contributed by atoms with Gasteiger partial charge in [-0.2, -0.15) is 0 Å². The lowest BCUT2D eigenvalue weighted by atomic mass is 9.94. The highest BCUT2D eigenvalue weighted by molar-refractivity contribution is 6.00. The molecule has 1 aromatic rings. The Hall–Kier alpha value is -1.77. The number of hydrazine groups is 1. The molecular weight excluding hydrogens is 224 g/mol. The van der Waals surface area contributed by atoms with Crippen molar-refractivity contribution in [3.8, 4) is 0 Å². The number of hydrogen-bond acceptors (Lipinski definition) is 2. The maximum atomic E-state index is 11.8. The lowest BCUT2D eigenvalue weighted by Crippen LogP contribution is -2.45. The molecule has 18 heavy (non-hydrogen) atoms. The average molecular weight is 244 g/mol. The quantitative estimate of drug-likeness (QED) is 0.811. The summed E-state index contributed by atoms with van der Waals surface area (Å²) in [7, 11) is 0. The molecule has 0 spiro atoms. The van der Waals surface area contributed by atoms with E-state index in [9.17, 15) is 4.79 Å². The first-order valence-electron chi connectivity index (χ1n) is 6.25. The van der Waals surface area contributed by atoms with Crippen LogP contribution in [0.2, 0.25) is 0 Å². The Morgan fingerprint density at radius 1 is 1.28 bits per heavy atom. The van der Waals surface area contributed by atoms with Gasteiger partial charge in [-0.3, -0.25) is 15.2 Å². The van der Waals surface area contributed by atoms with Crippen LogP contribution < -0.4 is 10.4 Å². The maximum absolute atomic E-state index is 11.8. The van der Waals surface area contributed by atoms with Crippen LogP contribution in [0.15, 0.2) is 36.4 Å². The monoisotopic (exact) mass is 244 g/mol. The number of amides is 1. The minimum absolute atomic E-state index is 0.0986. The molecule has 0 unspecified atom stereocenters. The molecule has 2 rings (SSSR count).